The monoisotopic (exact) mass is 367 g/mol. The average Bonchev–Trinajstić information content (AvgIpc) is 2.45. The summed E-state index contributed by atoms with van der Waals surface area (Å²) in [4.78, 5) is 0.247. The summed E-state index contributed by atoms with van der Waals surface area (Å²) in [6, 6.07) is 8.94. The van der Waals surface area contributed by atoms with E-state index in [0.29, 0.717) is 17.3 Å². The summed E-state index contributed by atoms with van der Waals surface area (Å²) in [5.74, 6) is 0. The summed E-state index contributed by atoms with van der Waals surface area (Å²) in [5, 5.41) is 9.59. The van der Waals surface area contributed by atoms with E-state index in [9.17, 15) is 13.7 Å². The molecule has 0 heterocycles. The summed E-state index contributed by atoms with van der Waals surface area (Å²) in [5.41, 5.74) is 0.0995. The Morgan fingerprint density at radius 2 is 1.71 bits per heavy atom. The van der Waals surface area contributed by atoms with Gasteiger partial charge in [-0.3, -0.25) is 0 Å². The van der Waals surface area contributed by atoms with Crippen LogP contribution in [-0.4, -0.2) is 13.2 Å². The first-order valence-electron chi connectivity index (χ1n) is 7.35. The lowest BCUT2D eigenvalue weighted by atomic mass is 9.56. The number of halogens is 1. The molecule has 0 bridgehead atoms. The quantitative estimate of drug-likeness (QED) is 0.785. The van der Waals surface area contributed by atoms with Crippen molar-refractivity contribution in [3.63, 3.8) is 0 Å². The molecule has 3 rings (SSSR count). The van der Waals surface area contributed by atoms with Crippen molar-refractivity contribution in [3.05, 3.63) is 28.7 Å². The molecule has 3 nitrogen and oxygen atoms in total. The van der Waals surface area contributed by atoms with Crippen LogP contribution in [0.15, 0.2) is 33.6 Å². The lowest BCUT2D eigenvalue weighted by Crippen LogP contribution is -2.56. The molecule has 1 aromatic carbocycles. The lowest BCUT2D eigenvalue weighted by molar-refractivity contribution is 0.0548. The van der Waals surface area contributed by atoms with E-state index in [2.05, 4.69) is 22.0 Å². The van der Waals surface area contributed by atoms with Crippen molar-refractivity contribution in [3.8, 4) is 6.07 Å². The van der Waals surface area contributed by atoms with Crippen LogP contribution >= 0.6 is 15.9 Å². The molecule has 0 unspecified atom stereocenters. The summed E-state index contributed by atoms with van der Waals surface area (Å²) >= 11 is 3.31. The molecule has 0 radical (unpaired) electrons. The molecule has 21 heavy (non-hydrogen) atoms. The summed E-state index contributed by atoms with van der Waals surface area (Å²) in [6.07, 6.45) is 6.70. The van der Waals surface area contributed by atoms with Crippen molar-refractivity contribution in [1.82, 2.24) is 0 Å². The highest BCUT2D eigenvalue weighted by Crippen LogP contribution is 2.60. The molecule has 0 saturated heterocycles. The van der Waals surface area contributed by atoms with Gasteiger partial charge in [-0.1, -0.05) is 31.4 Å². The van der Waals surface area contributed by atoms with Gasteiger partial charge in [-0.05, 0) is 59.2 Å². The van der Waals surface area contributed by atoms with E-state index < -0.39 is 14.6 Å². The third-order valence-electron chi connectivity index (χ3n) is 5.08. The van der Waals surface area contributed by atoms with Gasteiger partial charge in [0.25, 0.3) is 0 Å². The number of benzene rings is 1. The van der Waals surface area contributed by atoms with E-state index in [1.165, 1.54) is 6.42 Å². The fourth-order valence-corrected chi connectivity index (χ4v) is 7.06. The maximum atomic E-state index is 13.0. The normalized spacial score (nSPS) is 23.2. The second-order valence-corrected chi connectivity index (χ2v) is 9.54. The zero-order chi connectivity index (χ0) is 15.1. The minimum absolute atomic E-state index is 0.0995. The number of rotatable bonds is 2. The number of nitriles is 1. The Morgan fingerprint density at radius 3 is 2.29 bits per heavy atom. The number of hydrogen-bond donors (Lipinski definition) is 0. The Kier molecular flexibility index (Phi) is 3.66. The third kappa shape index (κ3) is 2.24. The van der Waals surface area contributed by atoms with Gasteiger partial charge >= 0.3 is 0 Å². The predicted octanol–water partition coefficient (Wildman–Crippen LogP) is 4.23. The van der Waals surface area contributed by atoms with E-state index >= 15 is 0 Å². The Morgan fingerprint density at radius 1 is 1.10 bits per heavy atom. The van der Waals surface area contributed by atoms with Crippen molar-refractivity contribution in [2.75, 3.05) is 0 Å². The molecule has 0 aromatic heterocycles. The van der Waals surface area contributed by atoms with E-state index in [4.69, 9.17) is 0 Å². The van der Waals surface area contributed by atoms with Gasteiger partial charge in [0, 0.05) is 4.47 Å². The van der Waals surface area contributed by atoms with Gasteiger partial charge in [0.2, 0.25) is 0 Å². The van der Waals surface area contributed by atoms with Crippen LogP contribution in [0.1, 0.15) is 44.9 Å². The molecule has 0 atom stereocenters. The fraction of sp³-hybridized carbons (Fsp3) is 0.562. The summed E-state index contributed by atoms with van der Waals surface area (Å²) in [6.45, 7) is 0. The van der Waals surface area contributed by atoms with E-state index in [1.807, 2.05) is 0 Å². The van der Waals surface area contributed by atoms with Crippen LogP contribution in [-0.2, 0) is 9.84 Å². The topological polar surface area (TPSA) is 57.9 Å². The second-order valence-electron chi connectivity index (χ2n) is 6.45. The first kappa shape index (κ1) is 15.1. The first-order chi connectivity index (χ1) is 9.95. The largest absolute Gasteiger partial charge is 0.222 e. The molecule has 0 amide bonds. The van der Waals surface area contributed by atoms with Crippen molar-refractivity contribution in [2.45, 2.75) is 54.6 Å². The van der Waals surface area contributed by atoms with Crippen LogP contribution in [0.3, 0.4) is 0 Å². The van der Waals surface area contributed by atoms with Gasteiger partial charge in [-0.2, -0.15) is 5.26 Å². The molecule has 2 fully saturated rings. The zero-order valence-electron chi connectivity index (χ0n) is 11.8. The molecule has 5 heteroatoms. The Balaban J connectivity index is 1.95. The molecule has 2 aliphatic carbocycles. The minimum Gasteiger partial charge on any atom is -0.222 e. The van der Waals surface area contributed by atoms with Gasteiger partial charge in [0.05, 0.1) is 11.0 Å². The van der Waals surface area contributed by atoms with E-state index in [1.54, 1.807) is 24.3 Å². The van der Waals surface area contributed by atoms with Crippen LogP contribution < -0.4 is 0 Å². The van der Waals surface area contributed by atoms with Crippen molar-refractivity contribution in [2.24, 2.45) is 5.41 Å². The maximum Gasteiger partial charge on any atom is 0.198 e. The SMILES string of the molecule is N#CC1(S(=O)(=O)c2ccccc2Br)CC2(CCCCC2)C1. The summed E-state index contributed by atoms with van der Waals surface area (Å²) < 4.78 is 25.2. The average molecular weight is 368 g/mol. The molecule has 2 aliphatic rings. The first-order valence-corrected chi connectivity index (χ1v) is 9.63. The van der Waals surface area contributed by atoms with Crippen LogP contribution in [0.25, 0.3) is 0 Å². The van der Waals surface area contributed by atoms with Crippen LogP contribution in [0.4, 0.5) is 0 Å². The van der Waals surface area contributed by atoms with Crippen LogP contribution in [0.5, 0.6) is 0 Å². The maximum absolute atomic E-state index is 13.0. The lowest BCUT2D eigenvalue weighted by Gasteiger charge is -2.54. The number of sulfone groups is 1. The zero-order valence-corrected chi connectivity index (χ0v) is 14.2. The fourth-order valence-electron chi connectivity index (χ4n) is 4.02. The third-order valence-corrected chi connectivity index (χ3v) is 8.38. The van der Waals surface area contributed by atoms with Gasteiger partial charge in [-0.15, -0.1) is 0 Å². The van der Waals surface area contributed by atoms with Crippen LogP contribution in [0.2, 0.25) is 0 Å². The minimum atomic E-state index is -3.63. The highest BCUT2D eigenvalue weighted by molar-refractivity contribution is 9.10. The van der Waals surface area contributed by atoms with Crippen molar-refractivity contribution in [1.29, 1.82) is 5.26 Å². The smallest absolute Gasteiger partial charge is 0.198 e. The van der Waals surface area contributed by atoms with Gasteiger partial charge in [-0.25, -0.2) is 8.42 Å². The Labute approximate surface area is 134 Å². The highest BCUT2D eigenvalue weighted by atomic mass is 79.9. The van der Waals surface area contributed by atoms with Crippen molar-refractivity contribution >= 4 is 25.8 Å². The molecular weight excluding hydrogens is 350 g/mol. The predicted molar refractivity (Wildman–Crippen MR) is 84.4 cm³/mol. The van der Waals surface area contributed by atoms with Gasteiger partial charge in [0.1, 0.15) is 0 Å². The number of hydrogen-bond acceptors (Lipinski definition) is 3. The standard InChI is InChI=1S/C16H18BrNO2S/c17-13-6-2-3-7-14(13)21(19,20)16(12-18)10-15(11-16)8-4-1-5-9-15/h2-3,6-7H,1,4-5,8-11H2. The van der Waals surface area contributed by atoms with Crippen molar-refractivity contribution < 1.29 is 8.42 Å². The molecule has 2 saturated carbocycles. The van der Waals surface area contributed by atoms with Crippen LogP contribution in [0, 0.1) is 16.7 Å². The summed E-state index contributed by atoms with van der Waals surface area (Å²) in [7, 11) is -3.63. The highest BCUT2D eigenvalue weighted by Gasteiger charge is 2.62. The number of nitrogens with zero attached hydrogens (tertiary/aromatic N) is 1. The molecule has 0 aliphatic heterocycles. The Bertz CT molecular complexity index is 691. The molecule has 112 valence electrons. The molecule has 0 N–H and O–H groups in total. The van der Waals surface area contributed by atoms with Gasteiger partial charge < -0.3 is 0 Å². The Hall–Kier alpha value is -0.860. The molecule has 1 spiro atoms. The second kappa shape index (κ2) is 5.10. The molecular formula is C16H18BrNO2S. The molecule has 1 aromatic rings. The van der Waals surface area contributed by atoms with Gasteiger partial charge in [0.15, 0.2) is 14.6 Å². The van der Waals surface area contributed by atoms with E-state index in [0.717, 1.165) is 25.7 Å². The van der Waals surface area contributed by atoms with E-state index in [-0.39, 0.29) is 10.3 Å².